The molecule has 0 aromatic heterocycles. The predicted molar refractivity (Wildman–Crippen MR) is 98.6 cm³/mol. The molecule has 27 heavy (non-hydrogen) atoms. The van der Waals surface area contributed by atoms with Crippen LogP contribution in [0, 0.1) is 0 Å². The predicted octanol–water partition coefficient (Wildman–Crippen LogP) is 5.87. The molecule has 4 heteroatoms. The van der Waals surface area contributed by atoms with Gasteiger partial charge in [-0.15, -0.1) is 0 Å². The van der Waals surface area contributed by atoms with Crippen LogP contribution in [0.4, 0.5) is 13.2 Å². The second kappa shape index (κ2) is 6.86. The highest BCUT2D eigenvalue weighted by atomic mass is 19.4. The summed E-state index contributed by atoms with van der Waals surface area (Å²) < 4.78 is 40.8. The van der Waals surface area contributed by atoms with E-state index in [1.807, 2.05) is 48.5 Å². The van der Waals surface area contributed by atoms with Crippen LogP contribution < -0.4 is 0 Å². The molecule has 1 N–H and O–H groups in total. The molecule has 0 fully saturated rings. The lowest BCUT2D eigenvalue weighted by atomic mass is 9.87. The van der Waals surface area contributed by atoms with Crippen LogP contribution >= 0.6 is 0 Å². The van der Waals surface area contributed by atoms with Crippen molar-refractivity contribution in [2.24, 2.45) is 0 Å². The van der Waals surface area contributed by atoms with Crippen molar-refractivity contribution >= 4 is 0 Å². The van der Waals surface area contributed by atoms with E-state index in [4.69, 9.17) is 0 Å². The Labute approximate surface area is 156 Å². The molecule has 0 saturated carbocycles. The second-order valence-corrected chi connectivity index (χ2v) is 6.96. The molecular weight excluding hydrogens is 349 g/mol. The summed E-state index contributed by atoms with van der Waals surface area (Å²) in [5.41, 5.74) is 3.47. The van der Waals surface area contributed by atoms with Gasteiger partial charge in [0.1, 0.15) is 0 Å². The van der Waals surface area contributed by atoms with Crippen molar-refractivity contribution in [2.75, 3.05) is 0 Å². The summed E-state index contributed by atoms with van der Waals surface area (Å²) in [4.78, 5) is 0. The van der Waals surface area contributed by atoms with Crippen LogP contribution in [-0.4, -0.2) is 5.11 Å². The number of hydrogen-bond donors (Lipinski definition) is 1. The Morgan fingerprint density at radius 1 is 0.778 bits per heavy atom. The Hall–Kier alpha value is -2.59. The van der Waals surface area contributed by atoms with E-state index in [0.29, 0.717) is 12.0 Å². The third-order valence-electron chi connectivity index (χ3n) is 5.40. The van der Waals surface area contributed by atoms with E-state index in [-0.39, 0.29) is 18.4 Å². The molecule has 3 aromatic rings. The van der Waals surface area contributed by atoms with Crippen molar-refractivity contribution < 1.29 is 18.3 Å². The van der Waals surface area contributed by atoms with Gasteiger partial charge in [-0.25, -0.2) is 0 Å². The lowest BCUT2D eigenvalue weighted by Gasteiger charge is -2.19. The standard InChI is InChI=1S/C23H19F3O/c24-23(25,26)22-9-5-4-8-18(22)21-13-19(16-6-2-1-3-7-16)17-11-10-15(14-27)12-20(17)21/h1-12,19,21,27H,13-14H2. The van der Waals surface area contributed by atoms with Gasteiger partial charge >= 0.3 is 6.18 Å². The zero-order valence-corrected chi connectivity index (χ0v) is 14.6. The van der Waals surface area contributed by atoms with Crippen LogP contribution in [-0.2, 0) is 12.8 Å². The maximum Gasteiger partial charge on any atom is 0.416 e. The Kier molecular flexibility index (Phi) is 4.52. The number of fused-ring (bicyclic) bond motifs is 1. The monoisotopic (exact) mass is 368 g/mol. The van der Waals surface area contributed by atoms with Crippen LogP contribution in [0.1, 0.15) is 51.6 Å². The number of benzene rings is 3. The Morgan fingerprint density at radius 3 is 2.19 bits per heavy atom. The van der Waals surface area contributed by atoms with Gasteiger partial charge in [0.25, 0.3) is 0 Å². The van der Waals surface area contributed by atoms with Gasteiger partial charge in [0.15, 0.2) is 0 Å². The normalized spacial score (nSPS) is 19.1. The Bertz CT molecular complexity index is 947. The zero-order chi connectivity index (χ0) is 19.0. The van der Waals surface area contributed by atoms with Crippen molar-refractivity contribution in [1.82, 2.24) is 0 Å². The van der Waals surface area contributed by atoms with E-state index >= 15 is 0 Å². The summed E-state index contributed by atoms with van der Waals surface area (Å²) >= 11 is 0. The van der Waals surface area contributed by atoms with Gasteiger partial charge in [0.2, 0.25) is 0 Å². The first-order chi connectivity index (χ1) is 13.0. The molecule has 138 valence electrons. The van der Waals surface area contributed by atoms with Gasteiger partial charge in [-0.2, -0.15) is 13.2 Å². The molecule has 0 spiro atoms. The summed E-state index contributed by atoms with van der Waals surface area (Å²) in [5, 5.41) is 9.51. The number of halogens is 3. The van der Waals surface area contributed by atoms with Gasteiger partial charge in [0, 0.05) is 11.8 Å². The van der Waals surface area contributed by atoms with Crippen LogP contribution in [0.3, 0.4) is 0 Å². The van der Waals surface area contributed by atoms with Gasteiger partial charge in [-0.3, -0.25) is 0 Å². The summed E-state index contributed by atoms with van der Waals surface area (Å²) in [7, 11) is 0. The van der Waals surface area contributed by atoms with Crippen molar-refractivity contribution in [3.8, 4) is 0 Å². The third kappa shape index (κ3) is 3.26. The fourth-order valence-electron chi connectivity index (χ4n) is 4.19. The SMILES string of the molecule is OCc1ccc2c(c1)C(c1ccccc1C(F)(F)F)CC2c1ccccc1. The zero-order valence-electron chi connectivity index (χ0n) is 14.6. The van der Waals surface area contributed by atoms with E-state index in [1.165, 1.54) is 6.07 Å². The smallest absolute Gasteiger partial charge is 0.392 e. The summed E-state index contributed by atoms with van der Waals surface area (Å²) in [6, 6.07) is 21.4. The van der Waals surface area contributed by atoms with Crippen molar-refractivity contribution in [3.63, 3.8) is 0 Å². The molecule has 3 aromatic carbocycles. The molecule has 1 nitrogen and oxygen atoms in total. The summed E-state index contributed by atoms with van der Waals surface area (Å²) in [5.74, 6) is -0.310. The quantitative estimate of drug-likeness (QED) is 0.613. The lowest BCUT2D eigenvalue weighted by Crippen LogP contribution is -2.12. The first-order valence-electron chi connectivity index (χ1n) is 8.93. The van der Waals surface area contributed by atoms with E-state index < -0.39 is 11.7 Å². The van der Waals surface area contributed by atoms with Gasteiger partial charge in [0.05, 0.1) is 12.2 Å². The lowest BCUT2D eigenvalue weighted by molar-refractivity contribution is -0.138. The van der Waals surface area contributed by atoms with Crippen LogP contribution in [0.5, 0.6) is 0 Å². The number of alkyl halides is 3. The Balaban J connectivity index is 1.87. The molecule has 2 unspecified atom stereocenters. The van der Waals surface area contributed by atoms with Crippen LogP contribution in [0.15, 0.2) is 72.8 Å². The van der Waals surface area contributed by atoms with Crippen LogP contribution in [0.2, 0.25) is 0 Å². The molecule has 0 bridgehead atoms. The van der Waals surface area contributed by atoms with E-state index in [1.54, 1.807) is 12.1 Å². The minimum Gasteiger partial charge on any atom is -0.392 e. The van der Waals surface area contributed by atoms with E-state index in [0.717, 1.165) is 28.3 Å². The Morgan fingerprint density at radius 2 is 1.48 bits per heavy atom. The molecule has 1 aliphatic rings. The van der Waals surface area contributed by atoms with Gasteiger partial charge in [-0.05, 0) is 40.3 Å². The van der Waals surface area contributed by atoms with Crippen LogP contribution in [0.25, 0.3) is 0 Å². The highest BCUT2D eigenvalue weighted by molar-refractivity contribution is 5.52. The maximum absolute atomic E-state index is 13.6. The number of hydrogen-bond acceptors (Lipinski definition) is 1. The summed E-state index contributed by atoms with van der Waals surface area (Å²) in [6.07, 6.45) is -3.81. The molecule has 0 aliphatic heterocycles. The number of aliphatic hydroxyl groups excluding tert-OH is 1. The molecule has 0 saturated heterocycles. The molecule has 2 atom stereocenters. The van der Waals surface area contributed by atoms with Crippen molar-refractivity contribution in [3.05, 3.63) is 106 Å². The fourth-order valence-corrected chi connectivity index (χ4v) is 4.19. The first kappa shape index (κ1) is 17.8. The first-order valence-corrected chi connectivity index (χ1v) is 8.93. The molecule has 0 radical (unpaired) electrons. The topological polar surface area (TPSA) is 20.2 Å². The maximum atomic E-state index is 13.6. The minimum absolute atomic E-state index is 0.0419. The van der Waals surface area contributed by atoms with Crippen molar-refractivity contribution in [2.45, 2.75) is 31.0 Å². The number of rotatable bonds is 3. The second-order valence-electron chi connectivity index (χ2n) is 6.96. The highest BCUT2D eigenvalue weighted by Crippen LogP contribution is 2.50. The molecule has 0 heterocycles. The third-order valence-corrected chi connectivity index (χ3v) is 5.40. The number of aliphatic hydroxyl groups is 1. The average Bonchev–Trinajstić information content (AvgIpc) is 3.06. The molecule has 1 aliphatic carbocycles. The summed E-state index contributed by atoms with van der Waals surface area (Å²) in [6.45, 7) is -0.128. The molecule has 0 amide bonds. The van der Waals surface area contributed by atoms with Crippen molar-refractivity contribution in [1.29, 1.82) is 0 Å². The van der Waals surface area contributed by atoms with E-state index in [2.05, 4.69) is 0 Å². The molecule has 4 rings (SSSR count). The average molecular weight is 368 g/mol. The highest BCUT2D eigenvalue weighted by Gasteiger charge is 2.39. The largest absolute Gasteiger partial charge is 0.416 e. The van der Waals surface area contributed by atoms with E-state index in [9.17, 15) is 18.3 Å². The van der Waals surface area contributed by atoms with Gasteiger partial charge in [-0.1, -0.05) is 66.7 Å². The minimum atomic E-state index is -4.39. The fraction of sp³-hybridized carbons (Fsp3) is 0.217. The van der Waals surface area contributed by atoms with Gasteiger partial charge < -0.3 is 5.11 Å². The molecular formula is C23H19F3O.